The van der Waals surface area contributed by atoms with Crippen LogP contribution in [0.4, 0.5) is 4.39 Å². The summed E-state index contributed by atoms with van der Waals surface area (Å²) in [6.45, 7) is 1.05. The number of benzene rings is 1. The van der Waals surface area contributed by atoms with E-state index in [1.165, 1.54) is 6.07 Å². The molecule has 1 aromatic carbocycles. The monoisotopic (exact) mass is 322 g/mol. The number of nitrogens with one attached hydrogen (secondary N) is 1. The van der Waals surface area contributed by atoms with E-state index in [2.05, 4.69) is 5.32 Å². The van der Waals surface area contributed by atoms with Crippen LogP contribution in [0.3, 0.4) is 0 Å². The molecule has 0 aliphatic carbocycles. The Morgan fingerprint density at radius 3 is 2.87 bits per heavy atom. The molecule has 0 bridgehead atoms. The van der Waals surface area contributed by atoms with E-state index in [4.69, 9.17) is 5.73 Å². The van der Waals surface area contributed by atoms with Crippen molar-refractivity contribution < 1.29 is 9.18 Å². The van der Waals surface area contributed by atoms with E-state index in [1.54, 1.807) is 12.1 Å². The van der Waals surface area contributed by atoms with Crippen LogP contribution in [0.15, 0.2) is 18.2 Å². The molecule has 0 heterocycles. The Bertz CT molecular complexity index is 357. The third-order valence-corrected chi connectivity index (χ3v) is 2.72. The van der Waals surface area contributed by atoms with Gasteiger partial charge in [0.25, 0.3) is 5.91 Å². The van der Waals surface area contributed by atoms with Crippen LogP contribution >= 0.6 is 22.6 Å². The Labute approximate surface area is 101 Å². The SMILES string of the molecule is NCCCNC(=O)c1ccc(I)c(F)c1. The summed E-state index contributed by atoms with van der Waals surface area (Å²) in [4.78, 5) is 11.5. The summed E-state index contributed by atoms with van der Waals surface area (Å²) in [5.41, 5.74) is 5.62. The molecular weight excluding hydrogens is 310 g/mol. The molecule has 0 radical (unpaired) electrons. The molecule has 1 aromatic rings. The van der Waals surface area contributed by atoms with Gasteiger partial charge < -0.3 is 11.1 Å². The second-order valence-electron chi connectivity index (χ2n) is 3.03. The first-order chi connectivity index (χ1) is 7.15. The molecule has 0 atom stereocenters. The highest BCUT2D eigenvalue weighted by Crippen LogP contribution is 2.12. The first kappa shape index (κ1) is 12.4. The average molecular weight is 322 g/mol. The number of carbonyl (C=O) groups is 1. The maximum atomic E-state index is 13.1. The summed E-state index contributed by atoms with van der Waals surface area (Å²) in [5, 5.41) is 2.66. The zero-order valence-corrected chi connectivity index (χ0v) is 10.3. The number of hydrogen-bond acceptors (Lipinski definition) is 2. The molecule has 3 nitrogen and oxygen atoms in total. The number of hydrogen-bond donors (Lipinski definition) is 2. The van der Waals surface area contributed by atoms with Crippen molar-refractivity contribution in [2.45, 2.75) is 6.42 Å². The Hall–Kier alpha value is -0.690. The molecule has 0 saturated carbocycles. The Balaban J connectivity index is 2.62. The molecule has 0 saturated heterocycles. The van der Waals surface area contributed by atoms with Crippen LogP contribution in [0.5, 0.6) is 0 Å². The van der Waals surface area contributed by atoms with Crippen molar-refractivity contribution in [3.8, 4) is 0 Å². The van der Waals surface area contributed by atoms with Gasteiger partial charge in [-0.25, -0.2) is 4.39 Å². The summed E-state index contributed by atoms with van der Waals surface area (Å²) in [6.07, 6.45) is 0.721. The van der Waals surface area contributed by atoms with Crippen LogP contribution < -0.4 is 11.1 Å². The molecule has 0 aliphatic rings. The van der Waals surface area contributed by atoms with Crippen LogP contribution in [-0.2, 0) is 0 Å². The predicted molar refractivity (Wildman–Crippen MR) is 65.1 cm³/mol. The molecule has 5 heteroatoms. The molecule has 0 fully saturated rings. The number of carbonyl (C=O) groups excluding carboxylic acids is 1. The molecule has 0 aromatic heterocycles. The van der Waals surface area contributed by atoms with Gasteiger partial charge in [-0.1, -0.05) is 0 Å². The van der Waals surface area contributed by atoms with E-state index in [0.717, 1.165) is 6.42 Å². The lowest BCUT2D eigenvalue weighted by molar-refractivity contribution is 0.0953. The number of rotatable bonds is 4. The molecule has 1 rings (SSSR count). The zero-order chi connectivity index (χ0) is 11.3. The Morgan fingerprint density at radius 1 is 1.53 bits per heavy atom. The van der Waals surface area contributed by atoms with E-state index >= 15 is 0 Å². The van der Waals surface area contributed by atoms with Gasteiger partial charge >= 0.3 is 0 Å². The fourth-order valence-corrected chi connectivity index (χ4v) is 1.38. The third-order valence-electron chi connectivity index (χ3n) is 1.85. The summed E-state index contributed by atoms with van der Waals surface area (Å²) in [7, 11) is 0. The normalized spacial score (nSPS) is 10.1. The minimum atomic E-state index is -0.373. The highest BCUT2D eigenvalue weighted by Gasteiger charge is 2.07. The van der Waals surface area contributed by atoms with Gasteiger partial charge in [0.15, 0.2) is 0 Å². The van der Waals surface area contributed by atoms with Gasteiger partial charge in [-0.05, 0) is 53.8 Å². The van der Waals surface area contributed by atoms with Gasteiger partial charge in [0.2, 0.25) is 0 Å². The summed E-state index contributed by atoms with van der Waals surface area (Å²) < 4.78 is 13.6. The third kappa shape index (κ3) is 3.75. The molecule has 0 aliphatic heterocycles. The summed E-state index contributed by atoms with van der Waals surface area (Å²) in [5.74, 6) is -0.638. The Kier molecular flexibility index (Phi) is 4.97. The summed E-state index contributed by atoms with van der Waals surface area (Å²) in [6, 6.07) is 4.41. The number of halogens is 2. The fourth-order valence-electron chi connectivity index (χ4n) is 1.04. The predicted octanol–water partition coefficient (Wildman–Crippen LogP) is 1.51. The minimum absolute atomic E-state index is 0.265. The van der Waals surface area contributed by atoms with Crippen LogP contribution in [0.2, 0.25) is 0 Å². The van der Waals surface area contributed by atoms with E-state index in [-0.39, 0.29) is 11.7 Å². The quantitative estimate of drug-likeness (QED) is 0.652. The van der Waals surface area contributed by atoms with Crippen molar-refractivity contribution in [3.05, 3.63) is 33.1 Å². The number of amides is 1. The van der Waals surface area contributed by atoms with Crippen molar-refractivity contribution in [2.24, 2.45) is 5.73 Å². The lowest BCUT2D eigenvalue weighted by Crippen LogP contribution is -2.26. The van der Waals surface area contributed by atoms with Crippen LogP contribution in [-0.4, -0.2) is 19.0 Å². The fraction of sp³-hybridized carbons (Fsp3) is 0.300. The van der Waals surface area contributed by atoms with E-state index < -0.39 is 0 Å². The first-order valence-corrected chi connectivity index (χ1v) is 5.66. The van der Waals surface area contributed by atoms with Gasteiger partial charge in [-0.3, -0.25) is 4.79 Å². The molecule has 1 amide bonds. The smallest absolute Gasteiger partial charge is 0.251 e. The lowest BCUT2D eigenvalue weighted by Gasteiger charge is -2.04. The lowest BCUT2D eigenvalue weighted by atomic mass is 10.2. The van der Waals surface area contributed by atoms with Crippen molar-refractivity contribution in [1.29, 1.82) is 0 Å². The van der Waals surface area contributed by atoms with Gasteiger partial charge in [-0.15, -0.1) is 0 Å². The van der Waals surface area contributed by atoms with Gasteiger partial charge in [0.1, 0.15) is 5.82 Å². The first-order valence-electron chi connectivity index (χ1n) is 4.58. The maximum Gasteiger partial charge on any atom is 0.251 e. The minimum Gasteiger partial charge on any atom is -0.352 e. The summed E-state index contributed by atoms with van der Waals surface area (Å²) >= 11 is 1.88. The number of nitrogens with two attached hydrogens (primary N) is 1. The maximum absolute atomic E-state index is 13.1. The molecular formula is C10H12FIN2O. The molecule has 0 spiro atoms. The van der Waals surface area contributed by atoms with Crippen LogP contribution in [0, 0.1) is 9.39 Å². The molecule has 82 valence electrons. The molecule has 15 heavy (non-hydrogen) atoms. The zero-order valence-electron chi connectivity index (χ0n) is 8.09. The van der Waals surface area contributed by atoms with Crippen molar-refractivity contribution in [3.63, 3.8) is 0 Å². The molecule has 0 unspecified atom stereocenters. The van der Waals surface area contributed by atoms with Crippen molar-refractivity contribution in [1.82, 2.24) is 5.32 Å². The topological polar surface area (TPSA) is 55.1 Å². The second kappa shape index (κ2) is 6.02. The highest BCUT2D eigenvalue weighted by atomic mass is 127. The standard InChI is InChI=1S/C10H12FIN2O/c11-8-6-7(2-3-9(8)12)10(15)14-5-1-4-13/h2-3,6H,1,4-5,13H2,(H,14,15). The Morgan fingerprint density at radius 2 is 2.27 bits per heavy atom. The highest BCUT2D eigenvalue weighted by molar-refractivity contribution is 14.1. The van der Waals surface area contributed by atoms with Gasteiger partial charge in [0, 0.05) is 15.7 Å². The van der Waals surface area contributed by atoms with Gasteiger partial charge in [0.05, 0.1) is 0 Å². The van der Waals surface area contributed by atoms with Crippen molar-refractivity contribution >= 4 is 28.5 Å². The molecule has 3 N–H and O–H groups in total. The van der Waals surface area contributed by atoms with Crippen molar-refractivity contribution in [2.75, 3.05) is 13.1 Å². The average Bonchev–Trinajstić information content (AvgIpc) is 2.22. The largest absolute Gasteiger partial charge is 0.352 e. The van der Waals surface area contributed by atoms with E-state index in [1.807, 2.05) is 22.6 Å². The van der Waals surface area contributed by atoms with Gasteiger partial charge in [-0.2, -0.15) is 0 Å². The van der Waals surface area contributed by atoms with Crippen LogP contribution in [0.25, 0.3) is 0 Å². The van der Waals surface area contributed by atoms with E-state index in [0.29, 0.717) is 22.2 Å². The van der Waals surface area contributed by atoms with Crippen LogP contribution in [0.1, 0.15) is 16.8 Å². The second-order valence-corrected chi connectivity index (χ2v) is 4.19. The van der Waals surface area contributed by atoms with E-state index in [9.17, 15) is 9.18 Å².